The van der Waals surface area contributed by atoms with Crippen LogP contribution >= 0.6 is 0 Å². The molecule has 0 spiro atoms. The molecule has 1 fully saturated rings. The normalized spacial score (nSPS) is 17.1. The van der Waals surface area contributed by atoms with Gasteiger partial charge < -0.3 is 19.5 Å². The van der Waals surface area contributed by atoms with Gasteiger partial charge >= 0.3 is 6.09 Å². The quantitative estimate of drug-likeness (QED) is 0.310. The molecule has 1 aliphatic carbocycles. The Bertz CT molecular complexity index is 1270. The van der Waals surface area contributed by atoms with Crippen molar-refractivity contribution in [2.45, 2.75) is 84.0 Å². The molecule has 39 heavy (non-hydrogen) atoms. The average molecular weight is 532 g/mol. The summed E-state index contributed by atoms with van der Waals surface area (Å²) in [4.78, 5) is 31.8. The van der Waals surface area contributed by atoms with Crippen molar-refractivity contribution in [1.82, 2.24) is 15.3 Å². The Morgan fingerprint density at radius 1 is 0.846 bits per heavy atom. The minimum absolute atomic E-state index is 0.0741. The summed E-state index contributed by atoms with van der Waals surface area (Å²) in [7, 11) is 0. The number of benzene rings is 2. The molecule has 1 heterocycles. The van der Waals surface area contributed by atoms with Gasteiger partial charge in [0.15, 0.2) is 17.4 Å². The van der Waals surface area contributed by atoms with Crippen LogP contribution in [0.4, 0.5) is 4.79 Å². The Hall–Kier alpha value is -3.94. The lowest BCUT2D eigenvalue weighted by Crippen LogP contribution is -2.50. The van der Waals surface area contributed by atoms with E-state index in [0.717, 1.165) is 29.7 Å². The Kier molecular flexibility index (Phi) is 8.23. The van der Waals surface area contributed by atoms with Crippen molar-refractivity contribution in [2.75, 3.05) is 0 Å². The zero-order chi connectivity index (χ0) is 28.2. The third-order valence-electron chi connectivity index (χ3n) is 6.70. The second-order valence-electron chi connectivity index (χ2n) is 11.3. The SMILES string of the molecule is CCC(=O)c1ncc(Oc2ccc(C(C)(C)c3ccc(O[C@H]4C[C@H](NC(=O)OC(C)(C)C)C4)cc3)cc2)cn1. The van der Waals surface area contributed by atoms with Crippen molar-refractivity contribution in [1.29, 1.82) is 0 Å². The molecule has 0 bridgehead atoms. The number of nitrogens with one attached hydrogen (secondary N) is 1. The van der Waals surface area contributed by atoms with Crippen molar-refractivity contribution >= 4 is 11.9 Å². The summed E-state index contributed by atoms with van der Waals surface area (Å²) < 4.78 is 17.3. The van der Waals surface area contributed by atoms with E-state index in [1.807, 2.05) is 57.2 Å². The van der Waals surface area contributed by atoms with E-state index in [9.17, 15) is 9.59 Å². The standard InChI is InChI=1S/C31H37N3O5/c1-7-27(35)28-32-18-26(19-33-28)38-24-14-10-21(11-15-24)31(5,6)20-8-12-23(13-9-20)37-25-16-22(17-25)34-29(36)39-30(2,3)4/h8-15,18-19,22,25H,7,16-17H2,1-6H3,(H,34,36)/t22-,25-. The number of alkyl carbamates (subject to hydrolysis) is 1. The fraction of sp³-hybridized carbons (Fsp3) is 0.419. The number of Topliss-reactive ketones (excluding diaryl/α,β-unsaturated/α-hetero) is 1. The highest BCUT2D eigenvalue weighted by molar-refractivity contribution is 5.92. The topological polar surface area (TPSA) is 99.6 Å². The number of amides is 1. The lowest BCUT2D eigenvalue weighted by molar-refractivity contribution is 0.0362. The van der Waals surface area contributed by atoms with Gasteiger partial charge in [-0.2, -0.15) is 0 Å². The van der Waals surface area contributed by atoms with Crippen molar-refractivity contribution in [3.8, 4) is 17.2 Å². The molecule has 0 unspecified atom stereocenters. The molecule has 0 atom stereocenters. The minimum atomic E-state index is -0.505. The Morgan fingerprint density at radius 3 is 1.90 bits per heavy atom. The molecular formula is C31H37N3O5. The second kappa shape index (κ2) is 11.4. The number of ketones is 1. The summed E-state index contributed by atoms with van der Waals surface area (Å²) in [6, 6.07) is 16.2. The van der Waals surface area contributed by atoms with Crippen LogP contribution in [0.5, 0.6) is 17.2 Å². The monoisotopic (exact) mass is 531 g/mol. The molecule has 1 N–H and O–H groups in total. The van der Waals surface area contributed by atoms with Crippen molar-refractivity contribution in [3.63, 3.8) is 0 Å². The summed E-state index contributed by atoms with van der Waals surface area (Å²) in [6.07, 6.45) is 4.60. The van der Waals surface area contributed by atoms with Gasteiger partial charge in [-0.15, -0.1) is 0 Å². The van der Waals surface area contributed by atoms with Gasteiger partial charge in [-0.1, -0.05) is 45.0 Å². The summed E-state index contributed by atoms with van der Waals surface area (Å²) in [5, 5.41) is 2.89. The van der Waals surface area contributed by atoms with Crippen LogP contribution in [-0.4, -0.2) is 39.6 Å². The van der Waals surface area contributed by atoms with Crippen LogP contribution in [0.3, 0.4) is 0 Å². The Labute approximate surface area is 230 Å². The van der Waals surface area contributed by atoms with Crippen LogP contribution in [0.2, 0.25) is 0 Å². The highest BCUT2D eigenvalue weighted by atomic mass is 16.6. The minimum Gasteiger partial charge on any atom is -0.490 e. The Balaban J connectivity index is 1.30. The molecule has 1 aromatic heterocycles. The van der Waals surface area contributed by atoms with Crippen LogP contribution in [0.15, 0.2) is 60.9 Å². The van der Waals surface area contributed by atoms with Gasteiger partial charge in [0.25, 0.3) is 0 Å². The first-order valence-electron chi connectivity index (χ1n) is 13.3. The zero-order valence-corrected chi connectivity index (χ0v) is 23.5. The first-order valence-corrected chi connectivity index (χ1v) is 13.3. The van der Waals surface area contributed by atoms with Gasteiger partial charge in [-0.3, -0.25) is 4.79 Å². The summed E-state index contributed by atoms with van der Waals surface area (Å²) >= 11 is 0. The van der Waals surface area contributed by atoms with Crippen LogP contribution in [-0.2, 0) is 10.2 Å². The van der Waals surface area contributed by atoms with E-state index >= 15 is 0 Å². The maximum atomic E-state index is 11.9. The predicted molar refractivity (Wildman–Crippen MR) is 149 cm³/mol. The molecule has 2 aromatic carbocycles. The molecule has 1 amide bonds. The van der Waals surface area contributed by atoms with Gasteiger partial charge in [-0.25, -0.2) is 14.8 Å². The van der Waals surface area contributed by atoms with Gasteiger partial charge in [0.2, 0.25) is 0 Å². The fourth-order valence-corrected chi connectivity index (χ4v) is 4.31. The van der Waals surface area contributed by atoms with Crippen LogP contribution in [0.1, 0.15) is 82.6 Å². The van der Waals surface area contributed by atoms with Gasteiger partial charge in [0.05, 0.1) is 12.4 Å². The van der Waals surface area contributed by atoms with E-state index < -0.39 is 5.60 Å². The molecule has 0 aliphatic heterocycles. The number of carbonyl (C=O) groups excluding carboxylic acids is 2. The summed E-state index contributed by atoms with van der Waals surface area (Å²) in [5.41, 5.74) is 1.56. The molecule has 3 aromatic rings. The number of carbonyl (C=O) groups is 2. The third kappa shape index (κ3) is 7.34. The van der Waals surface area contributed by atoms with Crippen molar-refractivity contribution in [3.05, 3.63) is 77.9 Å². The fourth-order valence-electron chi connectivity index (χ4n) is 4.31. The number of aromatic nitrogens is 2. The molecule has 1 aliphatic rings. The highest BCUT2D eigenvalue weighted by Gasteiger charge is 2.33. The Morgan fingerprint density at radius 2 is 1.38 bits per heavy atom. The smallest absolute Gasteiger partial charge is 0.407 e. The maximum absolute atomic E-state index is 11.9. The maximum Gasteiger partial charge on any atom is 0.407 e. The first-order chi connectivity index (χ1) is 18.4. The van der Waals surface area contributed by atoms with E-state index in [2.05, 4.69) is 41.3 Å². The van der Waals surface area contributed by atoms with E-state index in [1.165, 1.54) is 12.4 Å². The van der Waals surface area contributed by atoms with E-state index in [4.69, 9.17) is 14.2 Å². The van der Waals surface area contributed by atoms with Crippen LogP contribution in [0.25, 0.3) is 0 Å². The van der Waals surface area contributed by atoms with Gasteiger partial charge in [0.1, 0.15) is 23.2 Å². The zero-order valence-electron chi connectivity index (χ0n) is 23.5. The summed E-state index contributed by atoms with van der Waals surface area (Å²) in [5.74, 6) is 2.05. The van der Waals surface area contributed by atoms with Crippen LogP contribution in [0, 0.1) is 0 Å². The number of ether oxygens (including phenoxy) is 3. The largest absolute Gasteiger partial charge is 0.490 e. The molecule has 8 nitrogen and oxygen atoms in total. The predicted octanol–water partition coefficient (Wildman–Crippen LogP) is 6.62. The molecule has 8 heteroatoms. The lowest BCUT2D eigenvalue weighted by atomic mass is 9.78. The number of nitrogens with zero attached hydrogens (tertiary/aromatic N) is 2. The molecule has 4 rings (SSSR count). The van der Waals surface area contributed by atoms with Crippen molar-refractivity contribution in [2.24, 2.45) is 0 Å². The first kappa shape index (κ1) is 28.1. The molecular weight excluding hydrogens is 494 g/mol. The highest BCUT2D eigenvalue weighted by Crippen LogP contribution is 2.35. The van der Waals surface area contributed by atoms with E-state index in [1.54, 1.807) is 6.92 Å². The number of rotatable bonds is 9. The number of hydrogen-bond donors (Lipinski definition) is 1. The molecule has 0 saturated heterocycles. The van der Waals surface area contributed by atoms with Crippen LogP contribution < -0.4 is 14.8 Å². The second-order valence-corrected chi connectivity index (χ2v) is 11.3. The average Bonchev–Trinajstić information content (AvgIpc) is 2.87. The molecule has 0 radical (unpaired) electrons. The molecule has 1 saturated carbocycles. The van der Waals surface area contributed by atoms with E-state index in [0.29, 0.717) is 17.9 Å². The van der Waals surface area contributed by atoms with Gasteiger partial charge in [-0.05, 0) is 56.2 Å². The van der Waals surface area contributed by atoms with Gasteiger partial charge in [0, 0.05) is 30.7 Å². The third-order valence-corrected chi connectivity index (χ3v) is 6.70. The summed E-state index contributed by atoms with van der Waals surface area (Å²) in [6.45, 7) is 11.7. The van der Waals surface area contributed by atoms with Crippen molar-refractivity contribution < 1.29 is 23.8 Å². The number of hydrogen-bond acceptors (Lipinski definition) is 7. The lowest BCUT2D eigenvalue weighted by Gasteiger charge is -2.36. The van der Waals surface area contributed by atoms with E-state index in [-0.39, 0.29) is 35.3 Å². The molecule has 206 valence electrons.